The van der Waals surface area contributed by atoms with Crippen molar-refractivity contribution in [1.82, 2.24) is 0 Å². The molecule has 17 heavy (non-hydrogen) atoms. The number of phenols is 2. The quantitative estimate of drug-likeness (QED) is 0.607. The van der Waals surface area contributed by atoms with Crippen LogP contribution in [0.3, 0.4) is 0 Å². The molecule has 0 radical (unpaired) electrons. The Morgan fingerprint density at radius 1 is 1.47 bits per heavy atom. The summed E-state index contributed by atoms with van der Waals surface area (Å²) >= 11 is 0. The highest BCUT2D eigenvalue weighted by atomic mass is 16.5. The molecule has 0 spiro atoms. The lowest BCUT2D eigenvalue weighted by Gasteiger charge is -2.08. The highest BCUT2D eigenvalue weighted by Gasteiger charge is 2.20. The van der Waals surface area contributed by atoms with Crippen LogP contribution in [0.4, 0.5) is 0 Å². The van der Waals surface area contributed by atoms with Crippen molar-refractivity contribution in [2.24, 2.45) is 5.92 Å². The average molecular weight is 235 g/mol. The van der Waals surface area contributed by atoms with Crippen LogP contribution in [0.2, 0.25) is 0 Å². The van der Waals surface area contributed by atoms with Gasteiger partial charge in [-0.05, 0) is 31.0 Å². The van der Waals surface area contributed by atoms with Crippen molar-refractivity contribution < 1.29 is 19.7 Å². The van der Waals surface area contributed by atoms with Crippen molar-refractivity contribution in [2.75, 3.05) is 6.61 Å². The Morgan fingerprint density at radius 3 is 2.71 bits per heavy atom. The number of rotatable bonds is 4. The van der Waals surface area contributed by atoms with Crippen LogP contribution in [0.5, 0.6) is 11.5 Å². The first kappa shape index (κ1) is 12.8. The summed E-state index contributed by atoms with van der Waals surface area (Å²) in [5.41, 5.74) is 0.583. The van der Waals surface area contributed by atoms with Crippen LogP contribution in [-0.4, -0.2) is 22.8 Å². The van der Waals surface area contributed by atoms with E-state index in [1.165, 1.54) is 12.1 Å². The molecule has 0 heterocycles. The minimum Gasteiger partial charge on any atom is -0.504 e. The first-order chi connectivity index (χ1) is 8.08. The van der Waals surface area contributed by atoms with Gasteiger partial charge in [-0.15, -0.1) is 0 Å². The van der Waals surface area contributed by atoms with Gasteiger partial charge in [-0.1, -0.05) is 6.07 Å². The highest BCUT2D eigenvalue weighted by Crippen LogP contribution is 2.26. The molecule has 0 fully saturated rings. The standard InChI is InChI=1S/C12H13NO4/c1-2-17-12(16)9(7-13)5-8-3-4-10(14)11(15)6-8/h3-4,6,9,14-15H,2,5H2,1H3. The number of phenolic OH excluding ortho intramolecular Hbond substituents is 2. The zero-order chi connectivity index (χ0) is 12.8. The predicted octanol–water partition coefficient (Wildman–Crippen LogP) is 1.34. The van der Waals surface area contributed by atoms with E-state index < -0.39 is 11.9 Å². The predicted molar refractivity (Wildman–Crippen MR) is 59.2 cm³/mol. The largest absolute Gasteiger partial charge is 0.504 e. The second-order valence-electron chi connectivity index (χ2n) is 3.46. The van der Waals surface area contributed by atoms with Crippen molar-refractivity contribution in [1.29, 1.82) is 5.26 Å². The van der Waals surface area contributed by atoms with E-state index in [1.807, 2.05) is 6.07 Å². The molecule has 0 amide bonds. The van der Waals surface area contributed by atoms with E-state index in [-0.39, 0.29) is 24.5 Å². The zero-order valence-electron chi connectivity index (χ0n) is 9.38. The molecule has 5 heteroatoms. The Labute approximate surface area is 98.9 Å². The Bertz CT molecular complexity index is 450. The number of carbonyl (C=O) groups excluding carboxylic acids is 1. The summed E-state index contributed by atoms with van der Waals surface area (Å²) < 4.78 is 4.75. The van der Waals surface area contributed by atoms with Gasteiger partial charge in [0.25, 0.3) is 0 Å². The van der Waals surface area contributed by atoms with E-state index in [0.29, 0.717) is 5.56 Å². The number of aromatic hydroxyl groups is 2. The van der Waals surface area contributed by atoms with E-state index >= 15 is 0 Å². The number of hydrogen-bond acceptors (Lipinski definition) is 5. The summed E-state index contributed by atoms with van der Waals surface area (Å²) in [6.07, 6.45) is 0.142. The van der Waals surface area contributed by atoms with Crippen LogP contribution >= 0.6 is 0 Å². The summed E-state index contributed by atoms with van der Waals surface area (Å²) in [7, 11) is 0. The molecule has 1 aromatic rings. The van der Waals surface area contributed by atoms with Gasteiger partial charge in [0.15, 0.2) is 11.5 Å². The first-order valence-electron chi connectivity index (χ1n) is 5.15. The molecule has 0 aliphatic carbocycles. The Morgan fingerprint density at radius 2 is 2.18 bits per heavy atom. The van der Waals surface area contributed by atoms with Gasteiger partial charge in [-0.2, -0.15) is 5.26 Å². The van der Waals surface area contributed by atoms with Crippen molar-refractivity contribution in [2.45, 2.75) is 13.3 Å². The molecule has 0 aliphatic rings. The molecular formula is C12H13NO4. The number of ether oxygens (including phenoxy) is 1. The van der Waals surface area contributed by atoms with Crippen LogP contribution in [0.25, 0.3) is 0 Å². The monoisotopic (exact) mass is 235 g/mol. The van der Waals surface area contributed by atoms with E-state index in [1.54, 1.807) is 13.0 Å². The van der Waals surface area contributed by atoms with Crippen molar-refractivity contribution in [3.63, 3.8) is 0 Å². The van der Waals surface area contributed by atoms with Crippen LogP contribution in [0, 0.1) is 17.2 Å². The van der Waals surface area contributed by atoms with Crippen LogP contribution < -0.4 is 0 Å². The average Bonchev–Trinajstić information content (AvgIpc) is 2.30. The van der Waals surface area contributed by atoms with Gasteiger partial charge in [-0.25, -0.2) is 0 Å². The molecule has 1 atom stereocenters. The van der Waals surface area contributed by atoms with Gasteiger partial charge >= 0.3 is 5.97 Å². The zero-order valence-corrected chi connectivity index (χ0v) is 9.38. The Hall–Kier alpha value is -2.22. The molecule has 0 saturated carbocycles. The summed E-state index contributed by atoms with van der Waals surface area (Å²) in [5, 5.41) is 27.2. The number of carbonyl (C=O) groups is 1. The number of nitriles is 1. The van der Waals surface area contributed by atoms with E-state index in [9.17, 15) is 9.90 Å². The minimum absolute atomic E-state index is 0.142. The molecule has 0 aliphatic heterocycles. The maximum atomic E-state index is 11.4. The van der Waals surface area contributed by atoms with Crippen LogP contribution in [-0.2, 0) is 16.0 Å². The molecule has 1 unspecified atom stereocenters. The molecule has 90 valence electrons. The van der Waals surface area contributed by atoms with E-state index in [4.69, 9.17) is 15.1 Å². The van der Waals surface area contributed by atoms with Gasteiger partial charge in [-0.3, -0.25) is 4.79 Å². The maximum absolute atomic E-state index is 11.4. The second-order valence-corrected chi connectivity index (χ2v) is 3.46. The second kappa shape index (κ2) is 5.75. The summed E-state index contributed by atoms with van der Waals surface area (Å²) in [6, 6.07) is 6.02. The molecule has 1 aromatic carbocycles. The summed E-state index contributed by atoms with van der Waals surface area (Å²) in [6.45, 7) is 1.89. The van der Waals surface area contributed by atoms with Crippen molar-refractivity contribution >= 4 is 5.97 Å². The summed E-state index contributed by atoms with van der Waals surface area (Å²) in [5.74, 6) is -2.00. The minimum atomic E-state index is -0.904. The highest BCUT2D eigenvalue weighted by molar-refractivity contribution is 5.75. The SMILES string of the molecule is CCOC(=O)C(C#N)Cc1ccc(O)c(O)c1. The summed E-state index contributed by atoms with van der Waals surface area (Å²) in [4.78, 5) is 11.4. The lowest BCUT2D eigenvalue weighted by molar-refractivity contribution is -0.145. The Balaban J connectivity index is 2.78. The van der Waals surface area contributed by atoms with Gasteiger partial charge in [0.2, 0.25) is 0 Å². The fraction of sp³-hybridized carbons (Fsp3) is 0.333. The fourth-order valence-electron chi connectivity index (χ4n) is 1.36. The van der Waals surface area contributed by atoms with Gasteiger partial charge in [0.05, 0.1) is 12.7 Å². The van der Waals surface area contributed by atoms with Crippen molar-refractivity contribution in [3.05, 3.63) is 23.8 Å². The molecule has 0 saturated heterocycles. The lowest BCUT2D eigenvalue weighted by Crippen LogP contribution is -2.18. The van der Waals surface area contributed by atoms with Gasteiger partial charge < -0.3 is 14.9 Å². The molecular weight excluding hydrogens is 222 g/mol. The molecule has 0 bridgehead atoms. The molecule has 5 nitrogen and oxygen atoms in total. The maximum Gasteiger partial charge on any atom is 0.323 e. The lowest BCUT2D eigenvalue weighted by atomic mass is 10.0. The normalized spacial score (nSPS) is 11.5. The third-order valence-corrected chi connectivity index (χ3v) is 2.21. The molecule has 1 rings (SSSR count). The third-order valence-electron chi connectivity index (χ3n) is 2.21. The Kier molecular flexibility index (Phi) is 4.35. The van der Waals surface area contributed by atoms with Crippen molar-refractivity contribution in [3.8, 4) is 17.6 Å². The smallest absolute Gasteiger partial charge is 0.323 e. The van der Waals surface area contributed by atoms with Gasteiger partial charge in [0.1, 0.15) is 5.92 Å². The number of esters is 1. The third kappa shape index (κ3) is 3.38. The van der Waals surface area contributed by atoms with Crippen LogP contribution in [0.1, 0.15) is 12.5 Å². The topological polar surface area (TPSA) is 90.6 Å². The van der Waals surface area contributed by atoms with Gasteiger partial charge in [0, 0.05) is 0 Å². The number of benzene rings is 1. The number of hydrogen-bond donors (Lipinski definition) is 2. The number of nitrogens with zero attached hydrogens (tertiary/aromatic N) is 1. The fourth-order valence-corrected chi connectivity index (χ4v) is 1.36. The molecule has 2 N–H and O–H groups in total. The van der Waals surface area contributed by atoms with Crippen LogP contribution in [0.15, 0.2) is 18.2 Å². The first-order valence-corrected chi connectivity index (χ1v) is 5.15. The van der Waals surface area contributed by atoms with E-state index in [0.717, 1.165) is 0 Å². The molecule has 0 aromatic heterocycles. The van der Waals surface area contributed by atoms with E-state index in [2.05, 4.69) is 0 Å².